The quantitative estimate of drug-likeness (QED) is 0.795. The highest BCUT2D eigenvalue weighted by Crippen LogP contribution is 2.24. The predicted molar refractivity (Wildman–Crippen MR) is 103 cm³/mol. The first-order valence-electron chi connectivity index (χ1n) is 8.85. The largest absolute Gasteiger partial charge is 0.381 e. The van der Waals surface area contributed by atoms with E-state index in [0.29, 0.717) is 30.8 Å². The summed E-state index contributed by atoms with van der Waals surface area (Å²) in [6, 6.07) is 9.28. The Morgan fingerprint density at radius 3 is 2.39 bits per heavy atom. The molecular formula is C19H21F2N3O3S. The number of amides is 1. The lowest BCUT2D eigenvalue weighted by atomic mass is 10.1. The molecule has 0 saturated carbocycles. The van der Waals surface area contributed by atoms with Gasteiger partial charge in [0.15, 0.2) is 11.6 Å². The first kappa shape index (κ1) is 20.2. The highest BCUT2D eigenvalue weighted by Gasteiger charge is 2.30. The van der Waals surface area contributed by atoms with E-state index in [1.807, 2.05) is 0 Å². The number of nitrogens with one attached hydrogen (secondary N) is 2. The van der Waals surface area contributed by atoms with Gasteiger partial charge in [-0.1, -0.05) is 0 Å². The summed E-state index contributed by atoms with van der Waals surface area (Å²) in [6.45, 7) is 1.97. The number of rotatable bonds is 5. The molecule has 2 aromatic rings. The molecule has 1 amide bonds. The van der Waals surface area contributed by atoms with Gasteiger partial charge in [-0.05, 0) is 49.2 Å². The zero-order valence-electron chi connectivity index (χ0n) is 15.3. The van der Waals surface area contributed by atoms with Gasteiger partial charge in [0.25, 0.3) is 0 Å². The first-order valence-corrected chi connectivity index (χ1v) is 10.3. The number of carbonyl (C=O) groups is 1. The smallest absolute Gasteiger partial charge is 0.243 e. The van der Waals surface area contributed by atoms with Crippen molar-refractivity contribution in [2.75, 3.05) is 23.7 Å². The van der Waals surface area contributed by atoms with Crippen molar-refractivity contribution in [2.45, 2.75) is 30.7 Å². The summed E-state index contributed by atoms with van der Waals surface area (Å²) in [4.78, 5) is 11.2. The molecule has 1 atom stereocenters. The number of sulfonamides is 1. The summed E-state index contributed by atoms with van der Waals surface area (Å²) in [6.07, 6.45) is 1.36. The van der Waals surface area contributed by atoms with Crippen LogP contribution in [-0.4, -0.2) is 37.8 Å². The van der Waals surface area contributed by atoms with E-state index in [-0.39, 0.29) is 23.4 Å². The number of benzene rings is 2. The van der Waals surface area contributed by atoms with Crippen LogP contribution >= 0.6 is 0 Å². The molecular weight excluding hydrogens is 388 g/mol. The number of anilines is 2. The Labute approximate surface area is 162 Å². The maximum Gasteiger partial charge on any atom is 0.243 e. The molecule has 0 spiro atoms. The summed E-state index contributed by atoms with van der Waals surface area (Å²) < 4.78 is 53.7. The Morgan fingerprint density at radius 1 is 1.07 bits per heavy atom. The van der Waals surface area contributed by atoms with Crippen molar-refractivity contribution in [3.05, 3.63) is 54.1 Å². The van der Waals surface area contributed by atoms with Crippen LogP contribution in [0.2, 0.25) is 0 Å². The van der Waals surface area contributed by atoms with Gasteiger partial charge < -0.3 is 10.6 Å². The normalized spacial score (nSPS) is 17.9. The van der Waals surface area contributed by atoms with Gasteiger partial charge in [-0.25, -0.2) is 17.2 Å². The van der Waals surface area contributed by atoms with E-state index in [2.05, 4.69) is 10.6 Å². The van der Waals surface area contributed by atoms with Gasteiger partial charge in [0, 0.05) is 43.5 Å². The fraction of sp³-hybridized carbons (Fsp3) is 0.316. The van der Waals surface area contributed by atoms with E-state index in [1.165, 1.54) is 41.6 Å². The molecule has 28 heavy (non-hydrogen) atoms. The average molecular weight is 409 g/mol. The van der Waals surface area contributed by atoms with Crippen molar-refractivity contribution in [3.63, 3.8) is 0 Å². The molecule has 6 nitrogen and oxygen atoms in total. The van der Waals surface area contributed by atoms with Gasteiger partial charge in [0.1, 0.15) is 0 Å². The summed E-state index contributed by atoms with van der Waals surface area (Å²) >= 11 is 0. The van der Waals surface area contributed by atoms with Crippen molar-refractivity contribution in [1.29, 1.82) is 0 Å². The van der Waals surface area contributed by atoms with Crippen LogP contribution in [0.25, 0.3) is 0 Å². The number of nitrogens with zero attached hydrogens (tertiary/aromatic N) is 1. The molecule has 1 aliphatic rings. The Morgan fingerprint density at radius 2 is 1.75 bits per heavy atom. The zero-order valence-corrected chi connectivity index (χ0v) is 16.1. The van der Waals surface area contributed by atoms with Gasteiger partial charge in [0.2, 0.25) is 15.9 Å². The minimum Gasteiger partial charge on any atom is -0.381 e. The molecule has 0 aromatic heterocycles. The van der Waals surface area contributed by atoms with E-state index < -0.39 is 21.7 Å². The van der Waals surface area contributed by atoms with Crippen LogP contribution < -0.4 is 10.6 Å². The lowest BCUT2D eigenvalue weighted by molar-refractivity contribution is -0.114. The molecule has 1 unspecified atom stereocenters. The molecule has 2 aromatic carbocycles. The third kappa shape index (κ3) is 4.66. The van der Waals surface area contributed by atoms with Gasteiger partial charge in [-0.15, -0.1) is 0 Å². The van der Waals surface area contributed by atoms with Crippen molar-refractivity contribution in [1.82, 2.24) is 4.31 Å². The van der Waals surface area contributed by atoms with Crippen LogP contribution in [0.5, 0.6) is 0 Å². The number of hydrogen-bond donors (Lipinski definition) is 2. The topological polar surface area (TPSA) is 78.5 Å². The monoisotopic (exact) mass is 409 g/mol. The molecule has 0 radical (unpaired) electrons. The number of halogens is 2. The number of piperidine rings is 1. The third-order valence-electron chi connectivity index (χ3n) is 4.49. The standard InChI is InChI=1S/C19H21F2N3O3S/c1-13(25)22-14-4-7-17(8-5-14)28(26,27)24-10-2-3-16(12-24)23-15-6-9-18(20)19(21)11-15/h4-9,11,16,23H,2-3,10,12H2,1H3,(H,22,25). The lowest BCUT2D eigenvalue weighted by Gasteiger charge is -2.33. The maximum absolute atomic E-state index is 13.4. The van der Waals surface area contributed by atoms with Crippen LogP contribution in [0, 0.1) is 11.6 Å². The minimum absolute atomic E-state index is 0.134. The van der Waals surface area contributed by atoms with Crippen LogP contribution in [0.15, 0.2) is 47.4 Å². The fourth-order valence-electron chi connectivity index (χ4n) is 3.16. The fourth-order valence-corrected chi connectivity index (χ4v) is 4.69. The number of carbonyl (C=O) groups excluding carboxylic acids is 1. The minimum atomic E-state index is -3.70. The zero-order chi connectivity index (χ0) is 20.3. The SMILES string of the molecule is CC(=O)Nc1ccc(S(=O)(=O)N2CCCC(Nc3ccc(F)c(F)c3)C2)cc1. The van der Waals surface area contributed by atoms with Crippen LogP contribution in [0.1, 0.15) is 19.8 Å². The Balaban J connectivity index is 1.71. The van der Waals surface area contributed by atoms with E-state index in [4.69, 9.17) is 0 Å². The molecule has 0 aliphatic carbocycles. The van der Waals surface area contributed by atoms with Crippen molar-refractivity contribution < 1.29 is 22.0 Å². The average Bonchev–Trinajstić information content (AvgIpc) is 2.65. The van der Waals surface area contributed by atoms with E-state index in [9.17, 15) is 22.0 Å². The summed E-state index contributed by atoms with van der Waals surface area (Å²) in [5.41, 5.74) is 0.922. The molecule has 3 rings (SSSR count). The second-order valence-electron chi connectivity index (χ2n) is 6.68. The predicted octanol–water partition coefficient (Wildman–Crippen LogP) is 3.19. The van der Waals surface area contributed by atoms with Gasteiger partial charge in [0.05, 0.1) is 4.90 Å². The molecule has 150 valence electrons. The Bertz CT molecular complexity index is 965. The Hall–Kier alpha value is -2.52. The van der Waals surface area contributed by atoms with Crippen LogP contribution in [-0.2, 0) is 14.8 Å². The molecule has 9 heteroatoms. The van der Waals surface area contributed by atoms with Crippen molar-refractivity contribution >= 4 is 27.3 Å². The van der Waals surface area contributed by atoms with Gasteiger partial charge in [-0.2, -0.15) is 4.31 Å². The van der Waals surface area contributed by atoms with Gasteiger partial charge >= 0.3 is 0 Å². The molecule has 1 saturated heterocycles. The summed E-state index contributed by atoms with van der Waals surface area (Å²) in [7, 11) is -3.70. The molecule has 1 aliphatic heterocycles. The highest BCUT2D eigenvalue weighted by atomic mass is 32.2. The highest BCUT2D eigenvalue weighted by molar-refractivity contribution is 7.89. The van der Waals surface area contributed by atoms with E-state index in [0.717, 1.165) is 12.1 Å². The second kappa shape index (κ2) is 8.24. The third-order valence-corrected chi connectivity index (χ3v) is 6.37. The Kier molecular flexibility index (Phi) is 5.95. The molecule has 2 N–H and O–H groups in total. The maximum atomic E-state index is 13.4. The van der Waals surface area contributed by atoms with Gasteiger partial charge in [-0.3, -0.25) is 4.79 Å². The molecule has 0 bridgehead atoms. The number of hydrogen-bond acceptors (Lipinski definition) is 4. The second-order valence-corrected chi connectivity index (χ2v) is 8.62. The summed E-state index contributed by atoms with van der Waals surface area (Å²) in [5, 5.41) is 5.66. The van der Waals surface area contributed by atoms with Crippen LogP contribution in [0.3, 0.4) is 0 Å². The first-order chi connectivity index (χ1) is 13.3. The lowest BCUT2D eigenvalue weighted by Crippen LogP contribution is -2.45. The summed E-state index contributed by atoms with van der Waals surface area (Å²) in [5.74, 6) is -2.12. The molecule has 1 fully saturated rings. The van der Waals surface area contributed by atoms with Crippen LogP contribution in [0.4, 0.5) is 20.2 Å². The van der Waals surface area contributed by atoms with Crippen molar-refractivity contribution in [3.8, 4) is 0 Å². The molecule has 1 heterocycles. The van der Waals surface area contributed by atoms with Crippen molar-refractivity contribution in [2.24, 2.45) is 0 Å². The van der Waals surface area contributed by atoms with E-state index in [1.54, 1.807) is 0 Å². The van der Waals surface area contributed by atoms with E-state index >= 15 is 0 Å².